The van der Waals surface area contributed by atoms with Gasteiger partial charge in [0.25, 0.3) is 0 Å². The largest absolute Gasteiger partial charge is 0.358 e. The monoisotopic (exact) mass is 147 g/mol. The van der Waals surface area contributed by atoms with Crippen molar-refractivity contribution in [1.82, 2.24) is 4.98 Å². The van der Waals surface area contributed by atoms with Gasteiger partial charge in [-0.3, -0.25) is 0 Å². The van der Waals surface area contributed by atoms with Crippen LogP contribution in [0.25, 0.3) is 12.2 Å². The molecule has 1 aromatic heterocycles. The van der Waals surface area contributed by atoms with Crippen LogP contribution in [0.2, 0.25) is 0 Å². The zero-order valence-corrected chi connectivity index (χ0v) is 7.07. The van der Waals surface area contributed by atoms with Crippen LogP contribution < -0.4 is 10.6 Å². The lowest BCUT2D eigenvalue weighted by Gasteiger charge is -1.86. The molecule has 0 amide bonds. The first-order valence-corrected chi connectivity index (χ1v) is 3.63. The van der Waals surface area contributed by atoms with Crippen LogP contribution in [0.1, 0.15) is 12.6 Å². The first-order chi connectivity index (χ1) is 5.15. The summed E-state index contributed by atoms with van der Waals surface area (Å²) in [6.45, 7) is 11.7. The third kappa shape index (κ3) is 1.43. The summed E-state index contributed by atoms with van der Waals surface area (Å²) < 4.78 is 0. The van der Waals surface area contributed by atoms with Crippen molar-refractivity contribution in [2.24, 2.45) is 0 Å². The Labute approximate surface area is 66.8 Å². The molecule has 0 aliphatic heterocycles. The van der Waals surface area contributed by atoms with E-state index >= 15 is 0 Å². The van der Waals surface area contributed by atoms with Crippen molar-refractivity contribution in [1.29, 1.82) is 0 Å². The Morgan fingerprint density at radius 1 is 1.64 bits per heavy atom. The molecule has 1 aromatic rings. The quantitative estimate of drug-likeness (QED) is 0.612. The fourth-order valence-electron chi connectivity index (χ4n) is 1.10. The van der Waals surface area contributed by atoms with Gasteiger partial charge in [0, 0.05) is 11.0 Å². The van der Waals surface area contributed by atoms with Crippen molar-refractivity contribution >= 4 is 12.2 Å². The Bertz CT molecular complexity index is 368. The molecule has 1 nitrogen and oxygen atoms in total. The zero-order valence-electron chi connectivity index (χ0n) is 7.07. The maximum absolute atomic E-state index is 3.91. The van der Waals surface area contributed by atoms with Gasteiger partial charge in [-0.15, -0.1) is 0 Å². The zero-order chi connectivity index (χ0) is 8.43. The first-order valence-electron chi connectivity index (χ1n) is 3.63. The highest BCUT2D eigenvalue weighted by atomic mass is 14.7. The second-order valence-electron chi connectivity index (χ2n) is 2.74. The summed E-state index contributed by atoms with van der Waals surface area (Å²) in [5.74, 6) is 0. The Morgan fingerprint density at radius 2 is 2.27 bits per heavy atom. The number of hydrogen-bond acceptors (Lipinski definition) is 0. The summed E-state index contributed by atoms with van der Waals surface area (Å²) in [7, 11) is 0. The molecule has 0 aromatic carbocycles. The fraction of sp³-hybridized carbons (Fsp3) is 0.200. The van der Waals surface area contributed by atoms with Gasteiger partial charge in [-0.1, -0.05) is 19.2 Å². The highest BCUT2D eigenvalue weighted by molar-refractivity contribution is 5.51. The average molecular weight is 147 g/mol. The molecule has 0 saturated carbocycles. The summed E-state index contributed by atoms with van der Waals surface area (Å²) in [5.41, 5.74) is 2.29. The van der Waals surface area contributed by atoms with Gasteiger partial charge < -0.3 is 4.98 Å². The minimum absolute atomic E-state index is 1.04. The minimum Gasteiger partial charge on any atom is -0.358 e. The number of rotatable bonds is 1. The molecule has 0 fully saturated rings. The number of aryl methyl sites for hydroxylation is 1. The van der Waals surface area contributed by atoms with E-state index in [2.05, 4.69) is 18.1 Å². The molecule has 1 heterocycles. The van der Waals surface area contributed by atoms with E-state index in [0.717, 1.165) is 21.8 Å². The normalized spacial score (nSPS) is 12.9. The molecule has 0 unspecified atom stereocenters. The Morgan fingerprint density at radius 3 is 2.64 bits per heavy atom. The molecule has 1 rings (SSSR count). The summed E-state index contributed by atoms with van der Waals surface area (Å²) in [6.07, 6.45) is 1.83. The van der Waals surface area contributed by atoms with Crippen LogP contribution in [-0.4, -0.2) is 4.98 Å². The van der Waals surface area contributed by atoms with Crippen LogP contribution in [-0.2, 0) is 0 Å². The van der Waals surface area contributed by atoms with E-state index in [0.29, 0.717) is 0 Å². The molecule has 0 spiro atoms. The highest BCUT2D eigenvalue weighted by Crippen LogP contribution is 1.88. The second kappa shape index (κ2) is 2.79. The number of aromatic nitrogens is 1. The smallest absolute Gasteiger partial charge is 0.0479 e. The molecule has 11 heavy (non-hydrogen) atoms. The predicted molar refractivity (Wildman–Crippen MR) is 49.6 cm³/mol. The summed E-state index contributed by atoms with van der Waals surface area (Å²) in [6, 6.07) is 2.03. The summed E-state index contributed by atoms with van der Waals surface area (Å²) >= 11 is 0. The minimum atomic E-state index is 1.04. The van der Waals surface area contributed by atoms with Gasteiger partial charge in [0.2, 0.25) is 0 Å². The third-order valence-electron chi connectivity index (χ3n) is 1.73. The number of H-pyrrole nitrogens is 1. The van der Waals surface area contributed by atoms with Gasteiger partial charge in [0.15, 0.2) is 0 Å². The van der Waals surface area contributed by atoms with Gasteiger partial charge in [0.05, 0.1) is 0 Å². The van der Waals surface area contributed by atoms with Crippen molar-refractivity contribution in [3.8, 4) is 0 Å². The van der Waals surface area contributed by atoms with Gasteiger partial charge in [-0.25, -0.2) is 0 Å². The average Bonchev–Trinajstić information content (AvgIpc) is 2.28. The van der Waals surface area contributed by atoms with E-state index in [9.17, 15) is 0 Å². The van der Waals surface area contributed by atoms with Crippen LogP contribution in [0.5, 0.6) is 0 Å². The van der Waals surface area contributed by atoms with Crippen molar-refractivity contribution in [2.45, 2.75) is 13.8 Å². The highest BCUT2D eigenvalue weighted by Gasteiger charge is 1.90. The summed E-state index contributed by atoms with van der Waals surface area (Å²) in [4.78, 5) is 3.22. The molecule has 0 aliphatic rings. The Kier molecular flexibility index (Phi) is 1.99. The molecule has 0 radical (unpaired) electrons. The van der Waals surface area contributed by atoms with E-state index < -0.39 is 0 Å². The molecule has 0 atom stereocenters. The third-order valence-corrected chi connectivity index (χ3v) is 1.73. The van der Waals surface area contributed by atoms with Gasteiger partial charge in [-0.05, 0) is 30.7 Å². The molecule has 0 saturated heterocycles. The van der Waals surface area contributed by atoms with Crippen LogP contribution in [0.3, 0.4) is 0 Å². The van der Waals surface area contributed by atoms with Crippen molar-refractivity contribution in [3.63, 3.8) is 0 Å². The molecular formula is C10H13N. The topological polar surface area (TPSA) is 15.8 Å². The van der Waals surface area contributed by atoms with E-state index in [-0.39, 0.29) is 0 Å². The molecule has 58 valence electrons. The second-order valence-corrected chi connectivity index (χ2v) is 2.74. The molecule has 1 N–H and O–H groups in total. The number of nitrogens with one attached hydrogen (secondary N) is 1. The lowest BCUT2D eigenvalue weighted by atomic mass is 10.2. The van der Waals surface area contributed by atoms with E-state index in [1.165, 1.54) is 0 Å². The molecule has 0 aliphatic carbocycles. The van der Waals surface area contributed by atoms with Gasteiger partial charge in [-0.2, -0.15) is 0 Å². The van der Waals surface area contributed by atoms with Crippen LogP contribution in [0, 0.1) is 6.92 Å². The van der Waals surface area contributed by atoms with Gasteiger partial charge >= 0.3 is 0 Å². The molecule has 0 bridgehead atoms. The summed E-state index contributed by atoms with van der Waals surface area (Å²) in [5, 5.41) is 2.14. The van der Waals surface area contributed by atoms with Crippen molar-refractivity contribution in [3.05, 3.63) is 35.0 Å². The maximum atomic E-state index is 3.91. The SMILES string of the molecule is C=C/C(C)=c1/[nH]c(C)cc1=C. The van der Waals surface area contributed by atoms with Crippen LogP contribution in [0.15, 0.2) is 18.7 Å². The predicted octanol–water partition coefficient (Wildman–Crippen LogP) is 1.09. The first kappa shape index (κ1) is 7.86. The van der Waals surface area contributed by atoms with Crippen molar-refractivity contribution < 1.29 is 0 Å². The van der Waals surface area contributed by atoms with Crippen LogP contribution >= 0.6 is 0 Å². The fourth-order valence-corrected chi connectivity index (χ4v) is 1.10. The maximum Gasteiger partial charge on any atom is 0.0479 e. The lowest BCUT2D eigenvalue weighted by molar-refractivity contribution is 1.21. The number of aromatic amines is 1. The number of hydrogen-bond donors (Lipinski definition) is 1. The van der Waals surface area contributed by atoms with E-state index in [1.807, 2.05) is 26.0 Å². The van der Waals surface area contributed by atoms with E-state index in [4.69, 9.17) is 0 Å². The Balaban J connectivity index is 3.58. The van der Waals surface area contributed by atoms with Crippen LogP contribution in [0.4, 0.5) is 0 Å². The van der Waals surface area contributed by atoms with Crippen molar-refractivity contribution in [2.75, 3.05) is 0 Å². The van der Waals surface area contributed by atoms with E-state index in [1.54, 1.807) is 0 Å². The number of allylic oxidation sites excluding steroid dienone is 1. The molecular weight excluding hydrogens is 134 g/mol. The molecule has 1 heteroatoms. The van der Waals surface area contributed by atoms with Gasteiger partial charge in [0.1, 0.15) is 0 Å². The lowest BCUT2D eigenvalue weighted by Crippen LogP contribution is -2.22. The standard InChI is InChI=1S/C10H13N/c1-5-7(2)10-8(3)6-9(4)11-10/h5-6,11H,1,3H2,2,4H3/b10-7+. The Hall–Kier alpha value is -1.24.